The Hall–Kier alpha value is -3.24. The number of likely N-dealkylation sites (N-methyl/N-ethyl adjacent to an activating group) is 1. The van der Waals surface area contributed by atoms with Crippen LogP contribution in [0.2, 0.25) is 0 Å². The summed E-state index contributed by atoms with van der Waals surface area (Å²) >= 11 is 0. The Bertz CT molecular complexity index is 1440. The molecule has 1 aliphatic heterocycles. The smallest absolute Gasteiger partial charge is 0.311 e. The highest BCUT2D eigenvalue weighted by atomic mass is 32.2. The molecule has 2 aromatic carbocycles. The number of aryl methyl sites for hydroxylation is 2. The first kappa shape index (κ1) is 21.0. The lowest BCUT2D eigenvalue weighted by Crippen LogP contribution is -2.41. The van der Waals surface area contributed by atoms with E-state index in [0.29, 0.717) is 17.6 Å². The summed E-state index contributed by atoms with van der Waals surface area (Å²) < 4.78 is 29.6. The number of carbonyl (C=O) groups is 1. The Labute approximate surface area is 178 Å². The number of hydrogen-bond donors (Lipinski definition) is 0. The van der Waals surface area contributed by atoms with E-state index in [4.69, 9.17) is 0 Å². The molecule has 1 amide bonds. The molecule has 1 aromatic heterocycles. The lowest BCUT2D eigenvalue weighted by atomic mass is 10.2. The molecule has 162 valence electrons. The molecule has 1 aliphatic rings. The van der Waals surface area contributed by atoms with Crippen molar-refractivity contribution in [3.05, 3.63) is 68.7 Å². The van der Waals surface area contributed by atoms with Crippen molar-refractivity contribution in [1.82, 2.24) is 13.4 Å². The molecule has 0 spiro atoms. The molecule has 3 aromatic rings. The number of nitrogens with zero attached hydrogens (tertiary/aromatic N) is 4. The lowest BCUT2D eigenvalue weighted by molar-refractivity contribution is -0.118. The molecular weight excluding hydrogens is 420 g/mol. The molecule has 0 aliphatic carbocycles. The number of aromatic nitrogens is 2. The van der Waals surface area contributed by atoms with Crippen molar-refractivity contribution in [2.75, 3.05) is 25.0 Å². The Balaban J connectivity index is 1.65. The Kier molecular flexibility index (Phi) is 5.06. The van der Waals surface area contributed by atoms with Crippen LogP contribution in [0.25, 0.3) is 11.0 Å². The van der Waals surface area contributed by atoms with Gasteiger partial charge in [0.1, 0.15) is 0 Å². The lowest BCUT2D eigenvalue weighted by Gasteiger charge is -2.22. The minimum atomic E-state index is -4.00. The molecule has 10 heteroatoms. The fraction of sp³-hybridized carbons (Fsp3) is 0.286. The second-order valence-electron chi connectivity index (χ2n) is 7.56. The van der Waals surface area contributed by atoms with Gasteiger partial charge in [-0.25, -0.2) is 8.42 Å². The van der Waals surface area contributed by atoms with Gasteiger partial charge in [-0.3, -0.25) is 14.4 Å². The number of para-hydroxylation sites is 1. The van der Waals surface area contributed by atoms with E-state index in [1.54, 1.807) is 4.90 Å². The molecule has 0 saturated carbocycles. The predicted octanol–water partition coefficient (Wildman–Crippen LogP) is 0.447. The highest BCUT2D eigenvalue weighted by molar-refractivity contribution is 7.89. The first-order chi connectivity index (χ1) is 14.6. The zero-order chi connectivity index (χ0) is 22.5. The van der Waals surface area contributed by atoms with Crippen molar-refractivity contribution in [2.45, 2.75) is 11.3 Å². The summed E-state index contributed by atoms with van der Waals surface area (Å²) in [4.78, 5) is 38.5. The molecule has 2 heterocycles. The van der Waals surface area contributed by atoms with E-state index < -0.39 is 21.1 Å². The molecule has 0 bridgehead atoms. The molecule has 0 fully saturated rings. The van der Waals surface area contributed by atoms with E-state index in [9.17, 15) is 22.8 Å². The number of benzene rings is 2. The van der Waals surface area contributed by atoms with Crippen LogP contribution in [0.5, 0.6) is 0 Å². The van der Waals surface area contributed by atoms with Crippen LogP contribution in [0.15, 0.2) is 56.9 Å². The second kappa shape index (κ2) is 7.47. The van der Waals surface area contributed by atoms with Crippen LogP contribution in [0.4, 0.5) is 5.69 Å². The van der Waals surface area contributed by atoms with Gasteiger partial charge in [0.2, 0.25) is 15.9 Å². The fourth-order valence-corrected chi connectivity index (χ4v) is 5.00. The van der Waals surface area contributed by atoms with E-state index in [2.05, 4.69) is 0 Å². The van der Waals surface area contributed by atoms with Crippen molar-refractivity contribution in [3.8, 4) is 0 Å². The topological polar surface area (TPSA) is 102 Å². The summed E-state index contributed by atoms with van der Waals surface area (Å²) in [6.07, 6.45) is 0.732. The average molecular weight is 442 g/mol. The van der Waals surface area contributed by atoms with Crippen molar-refractivity contribution >= 4 is 32.7 Å². The largest absolute Gasteiger partial charge is 0.316 e. The van der Waals surface area contributed by atoms with Crippen molar-refractivity contribution in [2.24, 2.45) is 14.1 Å². The SMILES string of the molecule is CN(CC(=O)N1CCc2ccccc21)S(=O)(=O)c1ccc2c(c1)n(C)c(=O)c(=O)n2C. The van der Waals surface area contributed by atoms with Crippen LogP contribution in [0.1, 0.15) is 5.56 Å². The van der Waals surface area contributed by atoms with E-state index in [1.165, 1.54) is 43.9 Å². The van der Waals surface area contributed by atoms with Crippen LogP contribution >= 0.6 is 0 Å². The fourth-order valence-electron chi connectivity index (χ4n) is 3.86. The van der Waals surface area contributed by atoms with Crippen LogP contribution in [-0.4, -0.2) is 47.9 Å². The van der Waals surface area contributed by atoms with Gasteiger partial charge >= 0.3 is 11.1 Å². The van der Waals surface area contributed by atoms with Crippen molar-refractivity contribution < 1.29 is 13.2 Å². The Morgan fingerprint density at radius 1 is 1.00 bits per heavy atom. The highest BCUT2D eigenvalue weighted by Gasteiger charge is 2.29. The standard InChI is InChI=1S/C21H22N4O5S/c1-22(13-19(26)25-11-10-14-6-4-5-7-16(14)25)31(29,30)15-8-9-17-18(12-15)24(3)21(28)20(27)23(17)2/h4-9,12H,10-11,13H2,1-3H3. The minimum absolute atomic E-state index is 0.0641. The van der Waals surface area contributed by atoms with Gasteiger partial charge in [-0.2, -0.15) is 4.31 Å². The second-order valence-corrected chi connectivity index (χ2v) is 9.61. The predicted molar refractivity (Wildman–Crippen MR) is 117 cm³/mol. The maximum atomic E-state index is 13.1. The van der Waals surface area contributed by atoms with E-state index >= 15 is 0 Å². The highest BCUT2D eigenvalue weighted by Crippen LogP contribution is 2.28. The number of hydrogen-bond acceptors (Lipinski definition) is 5. The zero-order valence-electron chi connectivity index (χ0n) is 17.4. The van der Waals surface area contributed by atoms with Gasteiger partial charge in [0.25, 0.3) is 0 Å². The number of carbonyl (C=O) groups excluding carboxylic acids is 1. The van der Waals surface area contributed by atoms with E-state index in [-0.39, 0.29) is 17.3 Å². The molecule has 0 atom stereocenters. The molecule has 0 radical (unpaired) electrons. The van der Waals surface area contributed by atoms with Gasteiger partial charge in [0.15, 0.2) is 0 Å². The molecular formula is C21H22N4O5S. The minimum Gasteiger partial charge on any atom is -0.311 e. The van der Waals surface area contributed by atoms with Gasteiger partial charge in [-0.1, -0.05) is 18.2 Å². The quantitative estimate of drug-likeness (QED) is 0.546. The molecule has 0 N–H and O–H groups in total. The summed E-state index contributed by atoms with van der Waals surface area (Å²) in [5.74, 6) is -0.313. The van der Waals surface area contributed by atoms with Gasteiger partial charge in [-0.05, 0) is 36.2 Å². The third-order valence-corrected chi connectivity index (χ3v) is 7.52. The summed E-state index contributed by atoms with van der Waals surface area (Å²) in [5, 5.41) is 0. The molecule has 4 rings (SSSR count). The summed E-state index contributed by atoms with van der Waals surface area (Å²) in [6.45, 7) is 0.194. The third-order valence-electron chi connectivity index (χ3n) is 5.72. The molecule has 9 nitrogen and oxygen atoms in total. The Morgan fingerprint density at radius 2 is 1.65 bits per heavy atom. The number of rotatable bonds is 4. The average Bonchev–Trinajstić information content (AvgIpc) is 3.20. The molecule has 0 unspecified atom stereocenters. The van der Waals surface area contributed by atoms with Crippen molar-refractivity contribution in [3.63, 3.8) is 0 Å². The molecule has 31 heavy (non-hydrogen) atoms. The zero-order valence-corrected chi connectivity index (χ0v) is 18.2. The number of fused-ring (bicyclic) bond motifs is 2. The first-order valence-corrected chi connectivity index (χ1v) is 11.1. The monoisotopic (exact) mass is 442 g/mol. The van der Waals surface area contributed by atoms with Gasteiger partial charge in [0.05, 0.1) is 22.5 Å². The maximum absolute atomic E-state index is 13.1. The van der Waals surface area contributed by atoms with Crippen molar-refractivity contribution in [1.29, 1.82) is 0 Å². The van der Waals surface area contributed by atoms with Crippen LogP contribution < -0.4 is 16.0 Å². The van der Waals surface area contributed by atoms with Gasteiger partial charge in [-0.15, -0.1) is 0 Å². The molecule has 0 saturated heterocycles. The number of sulfonamides is 1. The summed E-state index contributed by atoms with van der Waals surface area (Å²) in [5.41, 5.74) is 1.15. The van der Waals surface area contributed by atoms with E-state index in [0.717, 1.165) is 26.5 Å². The van der Waals surface area contributed by atoms with E-state index in [1.807, 2.05) is 24.3 Å². The number of amides is 1. The summed E-state index contributed by atoms with van der Waals surface area (Å²) in [7, 11) is 0.219. The van der Waals surface area contributed by atoms with Gasteiger partial charge in [0, 0.05) is 33.4 Å². The van der Waals surface area contributed by atoms with Crippen LogP contribution in [-0.2, 0) is 35.3 Å². The van der Waals surface area contributed by atoms with Crippen LogP contribution in [0, 0.1) is 0 Å². The summed E-state index contributed by atoms with van der Waals surface area (Å²) in [6, 6.07) is 11.8. The maximum Gasteiger partial charge on any atom is 0.316 e. The third kappa shape index (κ3) is 3.37. The van der Waals surface area contributed by atoms with Crippen LogP contribution in [0.3, 0.4) is 0 Å². The van der Waals surface area contributed by atoms with Gasteiger partial charge < -0.3 is 14.0 Å². The first-order valence-electron chi connectivity index (χ1n) is 9.67. The number of anilines is 1. The Morgan fingerprint density at radius 3 is 2.35 bits per heavy atom. The normalized spacial score (nSPS) is 13.7.